The van der Waals surface area contributed by atoms with Gasteiger partial charge in [0.25, 0.3) is 0 Å². The van der Waals surface area contributed by atoms with Crippen LogP contribution in [0.4, 0.5) is 8.78 Å². The lowest BCUT2D eigenvalue weighted by Gasteiger charge is -2.24. The number of hydrogen-bond acceptors (Lipinski definition) is 1. The molecule has 1 aromatic carbocycles. The van der Waals surface area contributed by atoms with Gasteiger partial charge in [0.2, 0.25) is 0 Å². The number of carbonyl (C=O) groups excluding carboxylic acids is 1. The van der Waals surface area contributed by atoms with Gasteiger partial charge in [-0.1, -0.05) is 0 Å². The first kappa shape index (κ1) is 8.35. The molecule has 0 bridgehead atoms. The second kappa shape index (κ2) is 2.91. The first-order valence-corrected chi connectivity index (χ1v) is 4.16. The van der Waals surface area contributed by atoms with Gasteiger partial charge in [-0.3, -0.25) is 4.79 Å². The number of ketones is 1. The van der Waals surface area contributed by atoms with Crippen LogP contribution in [0.3, 0.4) is 0 Å². The maximum absolute atomic E-state index is 13.1. The zero-order valence-electron chi connectivity index (χ0n) is 6.89. The van der Waals surface area contributed by atoms with Crippen molar-refractivity contribution >= 4 is 5.78 Å². The minimum Gasteiger partial charge on any atom is -0.299 e. The molecule has 1 fully saturated rings. The summed E-state index contributed by atoms with van der Waals surface area (Å²) in [5, 5.41) is 0. The van der Waals surface area contributed by atoms with E-state index in [1.807, 2.05) is 0 Å². The minimum absolute atomic E-state index is 0.00417. The fourth-order valence-corrected chi connectivity index (χ4v) is 1.52. The molecule has 1 aromatic rings. The highest BCUT2D eigenvalue weighted by Crippen LogP contribution is 2.34. The first-order chi connectivity index (χ1) is 6.18. The van der Waals surface area contributed by atoms with E-state index in [4.69, 9.17) is 0 Å². The maximum Gasteiger partial charge on any atom is 0.140 e. The number of hydrogen-bond donors (Lipinski definition) is 0. The molecule has 68 valence electrons. The molecule has 0 unspecified atom stereocenters. The molecule has 1 saturated carbocycles. The zero-order valence-corrected chi connectivity index (χ0v) is 6.89. The van der Waals surface area contributed by atoms with Crippen LogP contribution in [0, 0.1) is 11.6 Å². The third-order valence-electron chi connectivity index (χ3n) is 2.40. The normalized spacial score (nSPS) is 21.4. The number of Topliss-reactive ketones (excluding diaryl/α,β-unsaturated/α-hetero) is 1. The molecule has 0 radical (unpaired) electrons. The highest BCUT2D eigenvalue weighted by molar-refractivity contribution is 5.91. The Kier molecular flexibility index (Phi) is 1.87. The van der Waals surface area contributed by atoms with Crippen LogP contribution < -0.4 is 0 Å². The minimum atomic E-state index is -0.490. The summed E-state index contributed by atoms with van der Waals surface area (Å²) < 4.78 is 25.8. The van der Waals surface area contributed by atoms with Gasteiger partial charge in [0.15, 0.2) is 0 Å². The predicted molar refractivity (Wildman–Crippen MR) is 43.3 cm³/mol. The fraction of sp³-hybridized carbons (Fsp3) is 0.300. The molecule has 0 N–H and O–H groups in total. The van der Waals surface area contributed by atoms with Crippen LogP contribution in [0.15, 0.2) is 18.2 Å². The number of rotatable bonds is 1. The van der Waals surface area contributed by atoms with Gasteiger partial charge in [-0.2, -0.15) is 0 Å². The van der Waals surface area contributed by atoms with Gasteiger partial charge in [-0.15, -0.1) is 0 Å². The highest BCUT2D eigenvalue weighted by Gasteiger charge is 2.31. The quantitative estimate of drug-likeness (QED) is 0.651. The summed E-state index contributed by atoms with van der Waals surface area (Å²) in [6.45, 7) is 0. The number of benzene rings is 1. The maximum atomic E-state index is 13.1. The van der Waals surface area contributed by atoms with Crippen LogP contribution in [-0.2, 0) is 4.79 Å². The van der Waals surface area contributed by atoms with Crippen molar-refractivity contribution in [3.8, 4) is 0 Å². The van der Waals surface area contributed by atoms with Crippen molar-refractivity contribution < 1.29 is 13.6 Å². The molecule has 13 heavy (non-hydrogen) atoms. The zero-order chi connectivity index (χ0) is 9.42. The van der Waals surface area contributed by atoms with E-state index in [9.17, 15) is 13.6 Å². The van der Waals surface area contributed by atoms with Crippen LogP contribution in [-0.4, -0.2) is 5.78 Å². The fourth-order valence-electron chi connectivity index (χ4n) is 1.52. The molecule has 0 aromatic heterocycles. The third-order valence-corrected chi connectivity index (χ3v) is 2.40. The lowest BCUT2D eigenvalue weighted by atomic mass is 9.78. The molecule has 1 nitrogen and oxygen atoms in total. The van der Waals surface area contributed by atoms with Gasteiger partial charge < -0.3 is 0 Å². The average molecular weight is 182 g/mol. The summed E-state index contributed by atoms with van der Waals surface area (Å²) in [5.74, 6) is -1.38. The molecule has 2 rings (SSSR count). The van der Waals surface area contributed by atoms with Gasteiger partial charge in [-0.25, -0.2) is 8.78 Å². The Morgan fingerprint density at radius 1 is 1.31 bits per heavy atom. The van der Waals surface area contributed by atoms with E-state index in [2.05, 4.69) is 0 Å². The van der Waals surface area contributed by atoms with Crippen molar-refractivity contribution in [2.45, 2.75) is 18.8 Å². The number of carbonyl (C=O) groups is 1. The Morgan fingerprint density at radius 3 is 2.62 bits per heavy atom. The molecule has 0 heterocycles. The van der Waals surface area contributed by atoms with Crippen molar-refractivity contribution in [2.75, 3.05) is 0 Å². The topological polar surface area (TPSA) is 17.1 Å². The summed E-state index contributed by atoms with van der Waals surface area (Å²) in [6, 6.07) is 3.23. The molecule has 3 heteroatoms. The second-order valence-corrected chi connectivity index (χ2v) is 3.22. The molecule has 1 aliphatic rings. The summed E-state index contributed by atoms with van der Waals surface area (Å²) in [6.07, 6.45) is 1.12. The molecule has 1 aliphatic carbocycles. The van der Waals surface area contributed by atoms with E-state index in [0.717, 1.165) is 18.2 Å². The molecule has 0 amide bonds. The molecule has 0 aliphatic heterocycles. The van der Waals surface area contributed by atoms with Crippen molar-refractivity contribution in [1.29, 1.82) is 0 Å². The van der Waals surface area contributed by atoms with Gasteiger partial charge in [-0.05, 0) is 24.6 Å². The highest BCUT2D eigenvalue weighted by atomic mass is 19.1. The Balaban J connectivity index is 2.38. The van der Waals surface area contributed by atoms with E-state index >= 15 is 0 Å². The van der Waals surface area contributed by atoms with E-state index in [1.54, 1.807) is 0 Å². The molecule has 1 atom stereocenters. The average Bonchev–Trinajstić information content (AvgIpc) is 2.09. The van der Waals surface area contributed by atoms with Gasteiger partial charge >= 0.3 is 0 Å². The van der Waals surface area contributed by atoms with Crippen LogP contribution in [0.1, 0.15) is 24.3 Å². The summed E-state index contributed by atoms with van der Waals surface area (Å²) in [7, 11) is 0. The Bertz CT molecular complexity index is 360. The van der Waals surface area contributed by atoms with E-state index in [0.29, 0.717) is 12.8 Å². The van der Waals surface area contributed by atoms with Gasteiger partial charge in [0.1, 0.15) is 17.4 Å². The summed E-state index contributed by atoms with van der Waals surface area (Å²) >= 11 is 0. The number of halogens is 2. The van der Waals surface area contributed by atoms with Crippen LogP contribution in [0.2, 0.25) is 0 Å². The van der Waals surface area contributed by atoms with Crippen LogP contribution >= 0.6 is 0 Å². The van der Waals surface area contributed by atoms with E-state index < -0.39 is 17.6 Å². The molecular formula is C10H8F2O. The lowest BCUT2D eigenvalue weighted by molar-refractivity contribution is -0.125. The Hall–Kier alpha value is -1.25. The van der Waals surface area contributed by atoms with Crippen molar-refractivity contribution in [3.63, 3.8) is 0 Å². The van der Waals surface area contributed by atoms with Gasteiger partial charge in [0.05, 0.1) is 0 Å². The Labute approximate surface area is 74.4 Å². The van der Waals surface area contributed by atoms with Crippen molar-refractivity contribution in [3.05, 3.63) is 35.4 Å². The summed E-state index contributed by atoms with van der Waals surface area (Å²) in [4.78, 5) is 11.0. The van der Waals surface area contributed by atoms with Crippen molar-refractivity contribution in [2.24, 2.45) is 0 Å². The molecular weight excluding hydrogens is 174 g/mol. The van der Waals surface area contributed by atoms with Crippen LogP contribution in [0.25, 0.3) is 0 Å². The SMILES string of the molecule is O=C1CC[C@H]1c1cc(F)ccc1F. The monoisotopic (exact) mass is 182 g/mol. The summed E-state index contributed by atoms with van der Waals surface area (Å²) in [5.41, 5.74) is 0.205. The largest absolute Gasteiger partial charge is 0.299 e. The van der Waals surface area contributed by atoms with Crippen molar-refractivity contribution in [1.82, 2.24) is 0 Å². The molecule has 0 saturated heterocycles. The standard InChI is InChI=1S/C10H8F2O/c11-6-1-3-9(12)8(5-6)7-2-4-10(7)13/h1,3,5,7H,2,4H2/t7-/m0/s1. The third kappa shape index (κ3) is 1.34. The van der Waals surface area contributed by atoms with Crippen LogP contribution in [0.5, 0.6) is 0 Å². The van der Waals surface area contributed by atoms with Gasteiger partial charge in [0, 0.05) is 17.9 Å². The first-order valence-electron chi connectivity index (χ1n) is 4.16. The molecule has 0 spiro atoms. The van der Waals surface area contributed by atoms with E-state index in [-0.39, 0.29) is 11.3 Å². The smallest absolute Gasteiger partial charge is 0.140 e. The van der Waals surface area contributed by atoms with E-state index in [1.165, 1.54) is 0 Å². The lowest BCUT2D eigenvalue weighted by Crippen LogP contribution is -2.24. The Morgan fingerprint density at radius 2 is 2.08 bits per heavy atom. The predicted octanol–water partition coefficient (Wildman–Crippen LogP) is 2.41. The second-order valence-electron chi connectivity index (χ2n) is 3.22.